The third kappa shape index (κ3) is 3.35. The Hall–Kier alpha value is -0.290. The second-order valence-corrected chi connectivity index (χ2v) is 4.61. The van der Waals surface area contributed by atoms with E-state index in [0.29, 0.717) is 12.8 Å². The Balaban J connectivity index is 2.33. The fraction of sp³-hybridized carbons (Fsp3) is 1.00. The maximum atomic E-state index is 12.5. The number of aliphatic hydroxyl groups is 1. The lowest BCUT2D eigenvalue weighted by Gasteiger charge is -2.37. The monoisotopic (exact) mass is 239 g/mol. The zero-order chi connectivity index (χ0) is 12.2. The number of alkyl halides is 3. The smallest absolute Gasteiger partial charge is 0.380 e. The molecule has 0 unspecified atom stereocenters. The lowest BCUT2D eigenvalue weighted by atomic mass is 9.81. The topological polar surface area (TPSA) is 32.3 Å². The van der Waals surface area contributed by atoms with Crippen molar-refractivity contribution in [1.29, 1.82) is 0 Å². The van der Waals surface area contributed by atoms with E-state index in [0.717, 1.165) is 19.4 Å². The Labute approximate surface area is 94.2 Å². The molecular weight excluding hydrogens is 219 g/mol. The van der Waals surface area contributed by atoms with Crippen molar-refractivity contribution >= 4 is 0 Å². The normalized spacial score (nSPS) is 31.7. The molecule has 1 saturated carbocycles. The molecule has 2 nitrogen and oxygen atoms in total. The number of hydrogen-bond donors (Lipinski definition) is 2. The molecule has 1 rings (SSSR count). The third-order valence-corrected chi connectivity index (χ3v) is 3.30. The fourth-order valence-corrected chi connectivity index (χ4v) is 2.07. The number of nitrogens with one attached hydrogen (secondary N) is 1. The number of rotatable bonds is 4. The molecule has 16 heavy (non-hydrogen) atoms. The minimum Gasteiger partial charge on any atom is -0.380 e. The number of unbranched alkanes of at least 4 members (excludes halogenated alkanes) is 1. The van der Waals surface area contributed by atoms with Crippen molar-refractivity contribution in [3.05, 3.63) is 0 Å². The summed E-state index contributed by atoms with van der Waals surface area (Å²) in [5.74, 6) is 0. The molecule has 0 aromatic heterocycles. The van der Waals surface area contributed by atoms with Crippen molar-refractivity contribution in [2.75, 3.05) is 6.54 Å². The van der Waals surface area contributed by atoms with Crippen molar-refractivity contribution in [3.8, 4) is 0 Å². The van der Waals surface area contributed by atoms with Crippen LogP contribution in [0.4, 0.5) is 13.2 Å². The minimum absolute atomic E-state index is 0.133. The summed E-state index contributed by atoms with van der Waals surface area (Å²) < 4.78 is 37.5. The van der Waals surface area contributed by atoms with Crippen LogP contribution in [0.15, 0.2) is 0 Å². The van der Waals surface area contributed by atoms with Crippen LogP contribution in [0.25, 0.3) is 0 Å². The third-order valence-electron chi connectivity index (χ3n) is 3.30. The van der Waals surface area contributed by atoms with Crippen molar-refractivity contribution in [2.45, 2.75) is 63.3 Å². The summed E-state index contributed by atoms with van der Waals surface area (Å²) in [6.45, 7) is 2.93. The van der Waals surface area contributed by atoms with Crippen molar-refractivity contribution < 1.29 is 18.3 Å². The molecule has 0 aromatic rings. The maximum absolute atomic E-state index is 12.5. The highest BCUT2D eigenvalue weighted by Crippen LogP contribution is 2.41. The van der Waals surface area contributed by atoms with Gasteiger partial charge in [0, 0.05) is 6.04 Å². The molecule has 0 radical (unpaired) electrons. The second kappa shape index (κ2) is 5.36. The molecule has 0 aliphatic heterocycles. The summed E-state index contributed by atoms with van der Waals surface area (Å²) in [5.41, 5.74) is -2.45. The Morgan fingerprint density at radius 2 is 1.88 bits per heavy atom. The summed E-state index contributed by atoms with van der Waals surface area (Å²) in [6, 6.07) is 0.133. The van der Waals surface area contributed by atoms with Gasteiger partial charge in [-0.2, -0.15) is 13.2 Å². The summed E-state index contributed by atoms with van der Waals surface area (Å²) in [4.78, 5) is 0. The first-order chi connectivity index (χ1) is 7.39. The highest BCUT2D eigenvalue weighted by molar-refractivity contribution is 4.93. The quantitative estimate of drug-likeness (QED) is 0.739. The van der Waals surface area contributed by atoms with E-state index < -0.39 is 11.8 Å². The van der Waals surface area contributed by atoms with Crippen LogP contribution in [0.3, 0.4) is 0 Å². The first kappa shape index (κ1) is 13.8. The van der Waals surface area contributed by atoms with Gasteiger partial charge in [0.05, 0.1) is 0 Å². The molecule has 96 valence electrons. The van der Waals surface area contributed by atoms with Gasteiger partial charge in [0.1, 0.15) is 0 Å². The molecule has 5 heteroatoms. The van der Waals surface area contributed by atoms with E-state index in [1.165, 1.54) is 0 Å². The minimum atomic E-state index is -4.48. The molecule has 0 aromatic carbocycles. The number of hydrogen-bond acceptors (Lipinski definition) is 2. The van der Waals surface area contributed by atoms with Crippen molar-refractivity contribution in [3.63, 3.8) is 0 Å². The fourth-order valence-electron chi connectivity index (χ4n) is 2.07. The van der Waals surface area contributed by atoms with Crippen LogP contribution >= 0.6 is 0 Å². The van der Waals surface area contributed by atoms with Gasteiger partial charge in [-0.05, 0) is 38.6 Å². The van der Waals surface area contributed by atoms with Gasteiger partial charge in [0.15, 0.2) is 5.60 Å². The van der Waals surface area contributed by atoms with E-state index in [1.54, 1.807) is 0 Å². The molecule has 0 atom stereocenters. The maximum Gasteiger partial charge on any atom is 0.417 e. The lowest BCUT2D eigenvalue weighted by molar-refractivity contribution is -0.270. The van der Waals surface area contributed by atoms with Crippen molar-refractivity contribution in [1.82, 2.24) is 5.32 Å². The molecule has 1 aliphatic carbocycles. The molecule has 0 spiro atoms. The van der Waals surface area contributed by atoms with E-state index in [1.807, 2.05) is 0 Å². The van der Waals surface area contributed by atoms with Crippen LogP contribution in [-0.2, 0) is 0 Å². The van der Waals surface area contributed by atoms with E-state index in [9.17, 15) is 18.3 Å². The number of halogens is 3. The van der Waals surface area contributed by atoms with Crippen LogP contribution in [0.5, 0.6) is 0 Å². The van der Waals surface area contributed by atoms with Crippen molar-refractivity contribution in [2.24, 2.45) is 0 Å². The first-order valence-electron chi connectivity index (χ1n) is 5.91. The van der Waals surface area contributed by atoms with Crippen LogP contribution in [0, 0.1) is 0 Å². The van der Waals surface area contributed by atoms with E-state index in [-0.39, 0.29) is 18.9 Å². The van der Waals surface area contributed by atoms with Crippen LogP contribution in [-0.4, -0.2) is 29.5 Å². The van der Waals surface area contributed by atoms with Crippen LogP contribution in [0.1, 0.15) is 45.4 Å². The molecular formula is C11H20F3NO. The van der Waals surface area contributed by atoms with Gasteiger partial charge in [-0.1, -0.05) is 13.3 Å². The van der Waals surface area contributed by atoms with E-state index >= 15 is 0 Å². The van der Waals surface area contributed by atoms with Crippen LogP contribution in [0.2, 0.25) is 0 Å². The predicted octanol–water partition coefficient (Wildman–Crippen LogP) is 2.61. The zero-order valence-electron chi connectivity index (χ0n) is 9.61. The standard InChI is InChI=1S/C11H20F3NO/c1-2-3-8-15-9-4-6-10(16,7-5-9)11(12,13)14/h9,15-16H,2-8H2,1H3. The largest absolute Gasteiger partial charge is 0.417 e. The second-order valence-electron chi connectivity index (χ2n) is 4.61. The van der Waals surface area contributed by atoms with Gasteiger partial charge in [-0.3, -0.25) is 0 Å². The molecule has 0 bridgehead atoms. The zero-order valence-corrected chi connectivity index (χ0v) is 9.61. The van der Waals surface area contributed by atoms with Gasteiger partial charge >= 0.3 is 6.18 Å². The summed E-state index contributed by atoms with van der Waals surface area (Å²) in [6.07, 6.45) is -1.92. The molecule has 1 aliphatic rings. The highest BCUT2D eigenvalue weighted by Gasteiger charge is 2.54. The Morgan fingerprint density at radius 1 is 1.31 bits per heavy atom. The van der Waals surface area contributed by atoms with Gasteiger partial charge in [-0.15, -0.1) is 0 Å². The molecule has 0 saturated heterocycles. The molecule has 1 fully saturated rings. The Kier molecular flexibility index (Phi) is 4.62. The molecule has 2 N–H and O–H groups in total. The van der Waals surface area contributed by atoms with Gasteiger partial charge < -0.3 is 10.4 Å². The average molecular weight is 239 g/mol. The van der Waals surface area contributed by atoms with E-state index in [2.05, 4.69) is 12.2 Å². The van der Waals surface area contributed by atoms with Gasteiger partial charge in [-0.25, -0.2) is 0 Å². The average Bonchev–Trinajstić information content (AvgIpc) is 2.20. The van der Waals surface area contributed by atoms with E-state index in [4.69, 9.17) is 0 Å². The lowest BCUT2D eigenvalue weighted by Crippen LogP contribution is -2.50. The Morgan fingerprint density at radius 3 is 2.31 bits per heavy atom. The van der Waals surface area contributed by atoms with Gasteiger partial charge in [0.25, 0.3) is 0 Å². The summed E-state index contributed by atoms with van der Waals surface area (Å²) >= 11 is 0. The SMILES string of the molecule is CCCCNC1CCC(O)(C(F)(F)F)CC1. The summed E-state index contributed by atoms with van der Waals surface area (Å²) in [5, 5.41) is 12.7. The van der Waals surface area contributed by atoms with Crippen LogP contribution < -0.4 is 5.32 Å². The highest BCUT2D eigenvalue weighted by atomic mass is 19.4. The first-order valence-corrected chi connectivity index (χ1v) is 5.91. The predicted molar refractivity (Wildman–Crippen MR) is 56.2 cm³/mol. The Bertz CT molecular complexity index is 210. The summed E-state index contributed by atoms with van der Waals surface area (Å²) in [7, 11) is 0. The van der Waals surface area contributed by atoms with Gasteiger partial charge in [0.2, 0.25) is 0 Å². The molecule has 0 amide bonds. The molecule has 0 heterocycles.